The van der Waals surface area contributed by atoms with Crippen molar-refractivity contribution in [3.05, 3.63) is 45.7 Å². The third-order valence-electron chi connectivity index (χ3n) is 2.72. The Labute approximate surface area is 127 Å². The highest BCUT2D eigenvalue weighted by atomic mass is 32.1. The van der Waals surface area contributed by atoms with E-state index in [4.69, 9.17) is 5.11 Å². The van der Waals surface area contributed by atoms with Gasteiger partial charge in [-0.3, -0.25) is 4.79 Å². The third-order valence-corrected chi connectivity index (χ3v) is 3.66. The van der Waals surface area contributed by atoms with Gasteiger partial charge in [0.15, 0.2) is 0 Å². The highest BCUT2D eigenvalue weighted by Gasteiger charge is 2.08. The van der Waals surface area contributed by atoms with Crippen molar-refractivity contribution in [2.75, 3.05) is 6.61 Å². The Balaban J connectivity index is 1.94. The van der Waals surface area contributed by atoms with Crippen LogP contribution < -0.4 is 5.32 Å². The predicted molar refractivity (Wildman–Crippen MR) is 80.8 cm³/mol. The van der Waals surface area contributed by atoms with E-state index in [0.717, 1.165) is 16.1 Å². The summed E-state index contributed by atoms with van der Waals surface area (Å²) in [6, 6.07) is 3.38. The molecule has 2 heterocycles. The molecular formula is C15H15N3O2S. The normalized spacial score (nSPS) is 9.81. The smallest absolute Gasteiger partial charge is 0.270 e. The van der Waals surface area contributed by atoms with Crippen molar-refractivity contribution in [1.82, 2.24) is 15.3 Å². The summed E-state index contributed by atoms with van der Waals surface area (Å²) in [7, 11) is 0. The highest BCUT2D eigenvalue weighted by molar-refractivity contribution is 7.09. The SMILES string of the molecule is Cc1ncsc1CNC(=O)c1ccc(C#CCCO)cn1. The van der Waals surface area contributed by atoms with Gasteiger partial charge in [-0.25, -0.2) is 9.97 Å². The number of nitrogens with one attached hydrogen (secondary N) is 1. The number of amides is 1. The van der Waals surface area contributed by atoms with Gasteiger partial charge in [-0.15, -0.1) is 11.3 Å². The zero-order valence-electron chi connectivity index (χ0n) is 11.6. The van der Waals surface area contributed by atoms with Gasteiger partial charge in [0, 0.05) is 23.1 Å². The van der Waals surface area contributed by atoms with E-state index in [1.807, 2.05) is 6.92 Å². The van der Waals surface area contributed by atoms with Gasteiger partial charge in [0.05, 0.1) is 24.4 Å². The van der Waals surface area contributed by atoms with E-state index in [1.165, 1.54) is 11.3 Å². The van der Waals surface area contributed by atoms with Crippen LogP contribution in [0.1, 0.15) is 33.0 Å². The van der Waals surface area contributed by atoms with Crippen molar-refractivity contribution in [3.8, 4) is 11.8 Å². The van der Waals surface area contributed by atoms with E-state index < -0.39 is 0 Å². The molecule has 0 saturated heterocycles. The second-order valence-corrected chi connectivity index (χ2v) is 5.19. The van der Waals surface area contributed by atoms with Gasteiger partial charge in [-0.05, 0) is 19.1 Å². The van der Waals surface area contributed by atoms with Gasteiger partial charge >= 0.3 is 0 Å². The van der Waals surface area contributed by atoms with Crippen molar-refractivity contribution < 1.29 is 9.90 Å². The van der Waals surface area contributed by atoms with Crippen LogP contribution in [-0.2, 0) is 6.54 Å². The van der Waals surface area contributed by atoms with E-state index in [1.54, 1.807) is 23.8 Å². The quantitative estimate of drug-likeness (QED) is 0.839. The van der Waals surface area contributed by atoms with Crippen molar-refractivity contribution in [2.24, 2.45) is 0 Å². The molecule has 0 saturated carbocycles. The molecule has 0 spiro atoms. The maximum atomic E-state index is 12.0. The fourth-order valence-corrected chi connectivity index (χ4v) is 2.29. The molecule has 2 rings (SSSR count). The van der Waals surface area contributed by atoms with Crippen molar-refractivity contribution in [1.29, 1.82) is 0 Å². The maximum Gasteiger partial charge on any atom is 0.270 e. The monoisotopic (exact) mass is 301 g/mol. The molecule has 2 aromatic rings. The Morgan fingerprint density at radius 3 is 2.90 bits per heavy atom. The highest BCUT2D eigenvalue weighted by Crippen LogP contribution is 2.11. The van der Waals surface area contributed by atoms with Crippen LogP contribution in [0.5, 0.6) is 0 Å². The molecule has 6 heteroatoms. The minimum Gasteiger partial charge on any atom is -0.395 e. The van der Waals surface area contributed by atoms with Crippen LogP contribution in [0.3, 0.4) is 0 Å². The molecule has 0 bridgehead atoms. The molecule has 21 heavy (non-hydrogen) atoms. The number of aromatic nitrogens is 2. The second kappa shape index (κ2) is 7.53. The first-order valence-electron chi connectivity index (χ1n) is 6.43. The van der Waals surface area contributed by atoms with Gasteiger partial charge in [0.1, 0.15) is 5.69 Å². The van der Waals surface area contributed by atoms with Crippen molar-refractivity contribution in [2.45, 2.75) is 19.9 Å². The summed E-state index contributed by atoms with van der Waals surface area (Å²) < 4.78 is 0. The number of thiazole rings is 1. The molecule has 0 atom stereocenters. The Kier molecular flexibility index (Phi) is 5.43. The molecular weight excluding hydrogens is 286 g/mol. The number of pyridine rings is 1. The van der Waals surface area contributed by atoms with Gasteiger partial charge in [-0.1, -0.05) is 11.8 Å². The van der Waals surface area contributed by atoms with E-state index >= 15 is 0 Å². The molecule has 0 aliphatic rings. The predicted octanol–water partition coefficient (Wildman–Crippen LogP) is 1.51. The Hall–Kier alpha value is -2.23. The number of nitrogens with zero attached hydrogens (tertiary/aromatic N) is 2. The number of hydrogen-bond donors (Lipinski definition) is 2. The van der Waals surface area contributed by atoms with E-state index in [0.29, 0.717) is 18.7 Å². The second-order valence-electron chi connectivity index (χ2n) is 4.25. The first kappa shape index (κ1) is 15.2. The minimum atomic E-state index is -0.224. The lowest BCUT2D eigenvalue weighted by Crippen LogP contribution is -2.23. The summed E-state index contributed by atoms with van der Waals surface area (Å²) in [5, 5.41) is 11.5. The van der Waals surface area contributed by atoms with Crippen LogP contribution >= 0.6 is 11.3 Å². The summed E-state index contributed by atoms with van der Waals surface area (Å²) in [6.07, 6.45) is 1.98. The molecule has 0 aliphatic heterocycles. The van der Waals surface area contributed by atoms with Crippen LogP contribution in [-0.4, -0.2) is 27.6 Å². The van der Waals surface area contributed by atoms with Crippen LogP contribution in [0, 0.1) is 18.8 Å². The Morgan fingerprint density at radius 1 is 1.43 bits per heavy atom. The molecule has 1 amide bonds. The topological polar surface area (TPSA) is 75.1 Å². The number of hydrogen-bond acceptors (Lipinski definition) is 5. The fourth-order valence-electron chi connectivity index (χ4n) is 1.57. The lowest BCUT2D eigenvalue weighted by atomic mass is 10.2. The molecule has 0 unspecified atom stereocenters. The van der Waals surface area contributed by atoms with E-state index in [2.05, 4.69) is 27.1 Å². The van der Waals surface area contributed by atoms with E-state index in [9.17, 15) is 4.79 Å². The summed E-state index contributed by atoms with van der Waals surface area (Å²) in [4.78, 5) is 21.2. The van der Waals surface area contributed by atoms with Crippen molar-refractivity contribution >= 4 is 17.2 Å². The molecule has 0 radical (unpaired) electrons. The van der Waals surface area contributed by atoms with Gasteiger partial charge < -0.3 is 10.4 Å². The number of rotatable bonds is 4. The van der Waals surface area contributed by atoms with Crippen LogP contribution in [0.2, 0.25) is 0 Å². The van der Waals surface area contributed by atoms with Gasteiger partial charge in [0.25, 0.3) is 5.91 Å². The van der Waals surface area contributed by atoms with Crippen LogP contribution in [0.25, 0.3) is 0 Å². The molecule has 2 aromatic heterocycles. The zero-order chi connectivity index (χ0) is 15.1. The number of aryl methyl sites for hydroxylation is 1. The number of aliphatic hydroxyl groups is 1. The van der Waals surface area contributed by atoms with Crippen LogP contribution in [0.4, 0.5) is 0 Å². The summed E-state index contributed by atoms with van der Waals surface area (Å²) >= 11 is 1.52. The molecule has 0 fully saturated rings. The molecule has 2 N–H and O–H groups in total. The molecule has 5 nitrogen and oxygen atoms in total. The molecule has 0 aliphatic carbocycles. The minimum absolute atomic E-state index is 0.0396. The average Bonchev–Trinajstić information content (AvgIpc) is 2.91. The van der Waals surface area contributed by atoms with Gasteiger partial charge in [0.2, 0.25) is 0 Å². The van der Waals surface area contributed by atoms with Crippen molar-refractivity contribution in [3.63, 3.8) is 0 Å². The summed E-state index contributed by atoms with van der Waals surface area (Å²) in [6.45, 7) is 2.41. The summed E-state index contributed by atoms with van der Waals surface area (Å²) in [5.41, 5.74) is 3.76. The standard InChI is InChI=1S/C15H15N3O2S/c1-11-14(21-10-18-11)9-17-15(20)13-6-5-12(8-16-13)4-2-3-7-19/h5-6,8,10,19H,3,7,9H2,1H3,(H,17,20). The largest absolute Gasteiger partial charge is 0.395 e. The first-order chi connectivity index (χ1) is 10.2. The van der Waals surface area contributed by atoms with Gasteiger partial charge in [-0.2, -0.15) is 0 Å². The lowest BCUT2D eigenvalue weighted by Gasteiger charge is -2.03. The number of aliphatic hydroxyl groups excluding tert-OH is 1. The lowest BCUT2D eigenvalue weighted by molar-refractivity contribution is 0.0946. The maximum absolute atomic E-state index is 12.0. The fraction of sp³-hybridized carbons (Fsp3) is 0.267. The van der Waals surface area contributed by atoms with E-state index in [-0.39, 0.29) is 12.5 Å². The third kappa shape index (κ3) is 4.38. The Morgan fingerprint density at radius 2 is 2.29 bits per heavy atom. The summed E-state index contributed by atoms with van der Waals surface area (Å²) in [5.74, 6) is 5.44. The zero-order valence-corrected chi connectivity index (χ0v) is 12.4. The van der Waals surface area contributed by atoms with Crippen LogP contribution in [0.15, 0.2) is 23.8 Å². The first-order valence-corrected chi connectivity index (χ1v) is 7.31. The molecule has 108 valence electrons. The number of carbonyl (C=O) groups is 1. The average molecular weight is 301 g/mol. The Bertz CT molecular complexity index is 668. The molecule has 0 aromatic carbocycles. The number of carbonyl (C=O) groups excluding carboxylic acids is 1.